The highest BCUT2D eigenvalue weighted by Gasteiger charge is 2.34. The predicted molar refractivity (Wildman–Crippen MR) is 68.5 cm³/mol. The molecule has 0 aliphatic rings. The van der Waals surface area contributed by atoms with Crippen molar-refractivity contribution >= 4 is 0 Å². The Morgan fingerprint density at radius 1 is 1.29 bits per heavy atom. The normalized spacial score (nSPS) is 13.5. The van der Waals surface area contributed by atoms with Gasteiger partial charge in [0.15, 0.2) is 0 Å². The summed E-state index contributed by atoms with van der Waals surface area (Å²) in [6, 6.07) is 2.65. The molecule has 1 aromatic heterocycles. The molecular weight excluding hydrogens is 288 g/mol. The summed E-state index contributed by atoms with van der Waals surface area (Å²) in [7, 11) is 1.74. The van der Waals surface area contributed by atoms with Gasteiger partial charge in [-0.25, -0.2) is 9.07 Å². The molecule has 0 radical (unpaired) electrons. The molecule has 0 amide bonds. The largest absolute Gasteiger partial charge is 0.419 e. The summed E-state index contributed by atoms with van der Waals surface area (Å²) in [4.78, 5) is 0. The number of nitrogens with one attached hydrogen (secondary N) is 1. The highest BCUT2D eigenvalue weighted by atomic mass is 19.4. The van der Waals surface area contributed by atoms with Gasteiger partial charge in [0.05, 0.1) is 23.0 Å². The molecule has 0 aliphatic carbocycles. The molecule has 1 atom stereocenters. The van der Waals surface area contributed by atoms with Crippen molar-refractivity contribution in [2.24, 2.45) is 0 Å². The first-order chi connectivity index (χ1) is 9.75. The van der Waals surface area contributed by atoms with Gasteiger partial charge in [0, 0.05) is 0 Å². The third-order valence-corrected chi connectivity index (χ3v) is 3.27. The Labute approximate surface area is 118 Å². The van der Waals surface area contributed by atoms with Crippen molar-refractivity contribution in [3.8, 4) is 5.69 Å². The fraction of sp³-hybridized carbons (Fsp3) is 0.385. The highest BCUT2D eigenvalue weighted by Crippen LogP contribution is 2.32. The second kappa shape index (κ2) is 5.44. The van der Waals surface area contributed by atoms with E-state index in [1.807, 2.05) is 6.92 Å². The van der Waals surface area contributed by atoms with E-state index in [4.69, 9.17) is 0 Å². The molecule has 2 rings (SSSR count). The van der Waals surface area contributed by atoms with Gasteiger partial charge in [-0.3, -0.25) is 0 Å². The van der Waals surface area contributed by atoms with Gasteiger partial charge in [0.2, 0.25) is 0 Å². The number of rotatable bonds is 3. The van der Waals surface area contributed by atoms with Crippen molar-refractivity contribution in [3.63, 3.8) is 0 Å². The van der Waals surface area contributed by atoms with Crippen LogP contribution in [-0.2, 0) is 6.18 Å². The summed E-state index contributed by atoms with van der Waals surface area (Å²) in [5.74, 6) is -1.31. The van der Waals surface area contributed by atoms with Crippen LogP contribution in [0.1, 0.15) is 29.9 Å². The van der Waals surface area contributed by atoms with E-state index in [1.54, 1.807) is 14.0 Å². The van der Waals surface area contributed by atoms with Crippen molar-refractivity contribution in [2.45, 2.75) is 26.1 Å². The van der Waals surface area contributed by atoms with E-state index < -0.39 is 17.6 Å². The van der Waals surface area contributed by atoms with Crippen molar-refractivity contribution in [2.75, 3.05) is 7.05 Å². The molecule has 1 aromatic carbocycles. The lowest BCUT2D eigenvalue weighted by Crippen LogP contribution is -2.14. The van der Waals surface area contributed by atoms with Gasteiger partial charge in [-0.05, 0) is 39.1 Å². The van der Waals surface area contributed by atoms with Gasteiger partial charge < -0.3 is 5.32 Å². The van der Waals surface area contributed by atoms with Gasteiger partial charge in [-0.1, -0.05) is 5.21 Å². The van der Waals surface area contributed by atoms with Crippen LogP contribution in [-0.4, -0.2) is 22.0 Å². The van der Waals surface area contributed by atoms with Gasteiger partial charge >= 0.3 is 6.18 Å². The smallest absolute Gasteiger partial charge is 0.312 e. The summed E-state index contributed by atoms with van der Waals surface area (Å²) in [5, 5.41) is 10.8. The third kappa shape index (κ3) is 2.90. The Morgan fingerprint density at radius 2 is 1.95 bits per heavy atom. The van der Waals surface area contributed by atoms with E-state index in [0.29, 0.717) is 11.4 Å². The van der Waals surface area contributed by atoms with Gasteiger partial charge in [-0.15, -0.1) is 5.10 Å². The molecule has 1 unspecified atom stereocenters. The molecule has 0 spiro atoms. The zero-order valence-electron chi connectivity index (χ0n) is 11.7. The van der Waals surface area contributed by atoms with E-state index in [-0.39, 0.29) is 11.7 Å². The Kier molecular flexibility index (Phi) is 3.99. The zero-order valence-corrected chi connectivity index (χ0v) is 11.7. The number of halogens is 4. The maximum atomic E-state index is 13.3. The van der Waals surface area contributed by atoms with Crippen molar-refractivity contribution in [1.29, 1.82) is 0 Å². The van der Waals surface area contributed by atoms with E-state index in [0.717, 1.165) is 12.1 Å². The number of benzene rings is 1. The minimum Gasteiger partial charge on any atom is -0.312 e. The second-order valence-corrected chi connectivity index (χ2v) is 4.64. The lowest BCUT2D eigenvalue weighted by atomic mass is 10.1. The molecule has 8 heteroatoms. The summed E-state index contributed by atoms with van der Waals surface area (Å²) >= 11 is 0. The lowest BCUT2D eigenvalue weighted by Gasteiger charge is -2.11. The van der Waals surface area contributed by atoms with Crippen LogP contribution in [0.3, 0.4) is 0 Å². The first-order valence-electron chi connectivity index (χ1n) is 6.22. The van der Waals surface area contributed by atoms with E-state index in [9.17, 15) is 17.6 Å². The number of aromatic nitrogens is 3. The van der Waals surface area contributed by atoms with Crippen LogP contribution in [0, 0.1) is 12.7 Å². The van der Waals surface area contributed by atoms with Gasteiger partial charge in [-0.2, -0.15) is 13.2 Å². The topological polar surface area (TPSA) is 42.7 Å². The number of hydrogen-bond donors (Lipinski definition) is 1. The van der Waals surface area contributed by atoms with Crippen LogP contribution < -0.4 is 5.32 Å². The van der Waals surface area contributed by atoms with Crippen molar-refractivity contribution in [1.82, 2.24) is 20.3 Å². The maximum absolute atomic E-state index is 13.3. The van der Waals surface area contributed by atoms with Crippen LogP contribution >= 0.6 is 0 Å². The van der Waals surface area contributed by atoms with Crippen LogP contribution in [0.2, 0.25) is 0 Å². The van der Waals surface area contributed by atoms with Crippen molar-refractivity contribution in [3.05, 3.63) is 41.0 Å². The second-order valence-electron chi connectivity index (χ2n) is 4.64. The summed E-state index contributed by atoms with van der Waals surface area (Å²) < 4.78 is 52.8. The van der Waals surface area contributed by atoms with Gasteiger partial charge in [0.25, 0.3) is 0 Å². The Hall–Kier alpha value is -1.96. The summed E-state index contributed by atoms with van der Waals surface area (Å²) in [5.41, 5.74) is 0.00774. The zero-order chi connectivity index (χ0) is 15.8. The molecule has 0 saturated carbocycles. The minimum absolute atomic E-state index is 0.0960. The highest BCUT2D eigenvalue weighted by molar-refractivity contribution is 5.39. The molecule has 1 N–H and O–H groups in total. The van der Waals surface area contributed by atoms with E-state index in [1.165, 1.54) is 10.7 Å². The number of alkyl halides is 3. The van der Waals surface area contributed by atoms with E-state index in [2.05, 4.69) is 15.6 Å². The van der Waals surface area contributed by atoms with E-state index >= 15 is 0 Å². The Morgan fingerprint density at radius 3 is 2.52 bits per heavy atom. The molecule has 4 nitrogen and oxygen atoms in total. The molecule has 0 aliphatic heterocycles. The number of nitrogens with zero attached hydrogens (tertiary/aromatic N) is 3. The number of hydrogen-bond acceptors (Lipinski definition) is 3. The molecular formula is C13H14F4N4. The first kappa shape index (κ1) is 15.4. The first-order valence-corrected chi connectivity index (χ1v) is 6.22. The Bertz CT molecular complexity index is 648. The molecule has 0 saturated heterocycles. The predicted octanol–water partition coefficient (Wildman–Crippen LogP) is 3.01. The van der Waals surface area contributed by atoms with Crippen LogP contribution in [0.4, 0.5) is 17.6 Å². The fourth-order valence-electron chi connectivity index (χ4n) is 1.99. The standard InChI is InChI=1S/C13H14F4N4/c1-7(18-3)12-8(2)21(20-19-12)9-4-5-11(14)10(6-9)13(15,16)17/h4-7,18H,1-3H3. The quantitative estimate of drug-likeness (QED) is 0.886. The third-order valence-electron chi connectivity index (χ3n) is 3.27. The molecule has 0 bridgehead atoms. The van der Waals surface area contributed by atoms with Crippen LogP contribution in [0.15, 0.2) is 18.2 Å². The molecule has 0 fully saturated rings. The average molecular weight is 302 g/mol. The van der Waals surface area contributed by atoms with Crippen molar-refractivity contribution < 1.29 is 17.6 Å². The molecule has 1 heterocycles. The summed E-state index contributed by atoms with van der Waals surface area (Å²) in [6.45, 7) is 3.55. The minimum atomic E-state index is -4.75. The monoisotopic (exact) mass is 302 g/mol. The maximum Gasteiger partial charge on any atom is 0.419 e. The summed E-state index contributed by atoms with van der Waals surface area (Å²) in [6.07, 6.45) is -4.75. The molecule has 114 valence electrons. The van der Waals surface area contributed by atoms with Gasteiger partial charge in [0.1, 0.15) is 11.5 Å². The molecule has 21 heavy (non-hydrogen) atoms. The fourth-order valence-corrected chi connectivity index (χ4v) is 1.99. The Balaban J connectivity index is 2.51. The molecule has 2 aromatic rings. The lowest BCUT2D eigenvalue weighted by molar-refractivity contribution is -0.140. The van der Waals surface area contributed by atoms with Crippen LogP contribution in [0.5, 0.6) is 0 Å². The average Bonchev–Trinajstić information content (AvgIpc) is 2.79. The SMILES string of the molecule is CNC(C)c1nnn(-c2ccc(F)c(C(F)(F)F)c2)c1C. The van der Waals surface area contributed by atoms with Crippen LogP contribution in [0.25, 0.3) is 5.69 Å².